The summed E-state index contributed by atoms with van der Waals surface area (Å²) in [5.74, 6) is -0.0826. The van der Waals surface area contributed by atoms with Crippen LogP contribution in [0.4, 0.5) is 0 Å². The van der Waals surface area contributed by atoms with Gasteiger partial charge in [-0.2, -0.15) is 0 Å². The molecule has 0 radical (unpaired) electrons. The number of nitrogens with one attached hydrogen (secondary N) is 4. The van der Waals surface area contributed by atoms with Crippen LogP contribution in [0.15, 0.2) is 18.3 Å². The number of nitrogens with zero attached hydrogens (tertiary/aromatic N) is 1. The lowest BCUT2D eigenvalue weighted by Gasteiger charge is -2.19. The lowest BCUT2D eigenvalue weighted by atomic mass is 10.3. The smallest absolute Gasteiger partial charge is 0.197 e. The van der Waals surface area contributed by atoms with Crippen molar-refractivity contribution < 1.29 is 0 Å². The topological polar surface area (TPSA) is 105 Å². The fourth-order valence-corrected chi connectivity index (χ4v) is 1.15. The molecule has 0 bridgehead atoms. The molecule has 0 saturated carbocycles. The molecule has 0 unspecified atom stereocenters. The summed E-state index contributed by atoms with van der Waals surface area (Å²) in [6.45, 7) is 0.694. The third-order valence-electron chi connectivity index (χ3n) is 2.01. The standard InChI is InChI=1S/C9H16N6/c1-15(9(12)14-8(10)11)6-4-7-3-2-5-13-7/h2-3,5,13H,4,6H2,1H3,(H5,10,11,12,14). The van der Waals surface area contributed by atoms with E-state index in [1.807, 2.05) is 18.3 Å². The highest BCUT2D eigenvalue weighted by atomic mass is 15.3. The van der Waals surface area contributed by atoms with Gasteiger partial charge in [0, 0.05) is 31.9 Å². The molecule has 0 aliphatic carbocycles. The third-order valence-corrected chi connectivity index (χ3v) is 2.01. The average Bonchev–Trinajstić information content (AvgIpc) is 2.65. The zero-order valence-electron chi connectivity index (χ0n) is 8.67. The Labute approximate surface area is 88.5 Å². The molecule has 0 aromatic carbocycles. The van der Waals surface area contributed by atoms with E-state index >= 15 is 0 Å². The van der Waals surface area contributed by atoms with Crippen molar-refractivity contribution in [3.8, 4) is 0 Å². The van der Waals surface area contributed by atoms with Crippen LogP contribution in [0.2, 0.25) is 0 Å². The van der Waals surface area contributed by atoms with E-state index in [0.29, 0.717) is 6.54 Å². The molecule has 1 rings (SSSR count). The minimum Gasteiger partial charge on any atom is -0.370 e. The number of hydrogen-bond acceptors (Lipinski definition) is 2. The highest BCUT2D eigenvalue weighted by Crippen LogP contribution is 1.96. The summed E-state index contributed by atoms with van der Waals surface area (Å²) in [6, 6.07) is 3.93. The number of aromatic amines is 1. The molecular formula is C9H16N6. The molecule has 0 atom stereocenters. The van der Waals surface area contributed by atoms with E-state index in [0.717, 1.165) is 12.1 Å². The van der Waals surface area contributed by atoms with Gasteiger partial charge in [0.05, 0.1) is 0 Å². The van der Waals surface area contributed by atoms with E-state index in [1.54, 1.807) is 11.9 Å². The van der Waals surface area contributed by atoms with Crippen LogP contribution in [0.25, 0.3) is 0 Å². The summed E-state index contributed by atoms with van der Waals surface area (Å²) in [4.78, 5) is 4.78. The Morgan fingerprint density at radius 2 is 2.33 bits per heavy atom. The monoisotopic (exact) mass is 208 g/mol. The number of aromatic nitrogens is 1. The summed E-state index contributed by atoms with van der Waals surface area (Å²) in [5, 5.41) is 17.0. The first-order valence-electron chi connectivity index (χ1n) is 4.62. The molecule has 0 aliphatic rings. The van der Waals surface area contributed by atoms with Crippen LogP contribution in [-0.4, -0.2) is 35.4 Å². The second kappa shape index (κ2) is 5.04. The van der Waals surface area contributed by atoms with Gasteiger partial charge in [-0.25, -0.2) is 0 Å². The number of nitrogens with two attached hydrogens (primary N) is 1. The molecule has 6 nitrogen and oxygen atoms in total. The summed E-state index contributed by atoms with van der Waals surface area (Å²) in [7, 11) is 1.78. The van der Waals surface area contributed by atoms with E-state index in [-0.39, 0.29) is 11.9 Å². The fourth-order valence-electron chi connectivity index (χ4n) is 1.15. The van der Waals surface area contributed by atoms with Crippen LogP contribution >= 0.6 is 0 Å². The molecule has 6 N–H and O–H groups in total. The summed E-state index contributed by atoms with van der Waals surface area (Å²) in [5.41, 5.74) is 6.24. The number of H-pyrrole nitrogens is 1. The second-order valence-corrected chi connectivity index (χ2v) is 3.25. The van der Waals surface area contributed by atoms with Gasteiger partial charge in [0.2, 0.25) is 0 Å². The minimum atomic E-state index is -0.216. The zero-order chi connectivity index (χ0) is 11.3. The van der Waals surface area contributed by atoms with Crippen molar-refractivity contribution in [2.24, 2.45) is 5.73 Å². The maximum atomic E-state index is 7.54. The van der Waals surface area contributed by atoms with Crippen LogP contribution in [0.1, 0.15) is 5.69 Å². The zero-order valence-corrected chi connectivity index (χ0v) is 8.67. The van der Waals surface area contributed by atoms with Gasteiger partial charge in [-0.1, -0.05) is 0 Å². The van der Waals surface area contributed by atoms with Crippen LogP contribution in [0.3, 0.4) is 0 Å². The number of likely N-dealkylation sites (N-methyl/N-ethyl adjacent to an activating group) is 1. The van der Waals surface area contributed by atoms with E-state index in [1.165, 1.54) is 0 Å². The Hall–Kier alpha value is -1.98. The van der Waals surface area contributed by atoms with Gasteiger partial charge in [-0.3, -0.25) is 16.1 Å². The van der Waals surface area contributed by atoms with Crippen LogP contribution in [-0.2, 0) is 6.42 Å². The van der Waals surface area contributed by atoms with Crippen molar-refractivity contribution in [3.63, 3.8) is 0 Å². The number of hydrogen-bond donors (Lipinski definition) is 5. The van der Waals surface area contributed by atoms with E-state index in [9.17, 15) is 0 Å². The van der Waals surface area contributed by atoms with Gasteiger partial charge < -0.3 is 15.6 Å². The van der Waals surface area contributed by atoms with Crippen molar-refractivity contribution in [2.45, 2.75) is 6.42 Å². The molecule has 0 saturated heterocycles. The second-order valence-electron chi connectivity index (χ2n) is 3.25. The van der Waals surface area contributed by atoms with Gasteiger partial charge in [0.25, 0.3) is 0 Å². The highest BCUT2D eigenvalue weighted by Gasteiger charge is 2.04. The van der Waals surface area contributed by atoms with Crippen molar-refractivity contribution in [3.05, 3.63) is 24.0 Å². The average molecular weight is 208 g/mol. The molecule has 1 aromatic rings. The van der Waals surface area contributed by atoms with E-state index in [4.69, 9.17) is 16.6 Å². The predicted molar refractivity (Wildman–Crippen MR) is 59.9 cm³/mol. The highest BCUT2D eigenvalue weighted by molar-refractivity contribution is 5.94. The van der Waals surface area contributed by atoms with Crippen LogP contribution in [0, 0.1) is 10.8 Å². The van der Waals surface area contributed by atoms with E-state index in [2.05, 4.69) is 10.3 Å². The molecule has 1 aromatic heterocycles. The Morgan fingerprint density at radius 3 is 2.87 bits per heavy atom. The van der Waals surface area contributed by atoms with Gasteiger partial charge in [0.1, 0.15) is 0 Å². The lowest BCUT2D eigenvalue weighted by Crippen LogP contribution is -2.44. The fraction of sp³-hybridized carbons (Fsp3) is 0.333. The minimum absolute atomic E-state index is 0.133. The normalized spacial score (nSPS) is 9.67. The molecule has 1 heterocycles. The van der Waals surface area contributed by atoms with Crippen LogP contribution in [0.5, 0.6) is 0 Å². The Bertz CT molecular complexity index is 328. The summed E-state index contributed by atoms with van der Waals surface area (Å²) < 4.78 is 0. The third kappa shape index (κ3) is 3.72. The molecule has 0 spiro atoms. The first kappa shape index (κ1) is 11.1. The molecule has 82 valence electrons. The molecule has 0 aliphatic heterocycles. The Kier molecular flexibility index (Phi) is 3.73. The summed E-state index contributed by atoms with van der Waals surface area (Å²) in [6.07, 6.45) is 2.69. The van der Waals surface area contributed by atoms with Gasteiger partial charge in [-0.15, -0.1) is 0 Å². The SMILES string of the molecule is CN(CCc1ccc[nH]1)C(=N)NC(=N)N. The Balaban J connectivity index is 2.32. The van der Waals surface area contributed by atoms with Gasteiger partial charge >= 0.3 is 0 Å². The molecule has 0 fully saturated rings. The van der Waals surface area contributed by atoms with Gasteiger partial charge in [0.15, 0.2) is 11.9 Å². The van der Waals surface area contributed by atoms with E-state index < -0.39 is 0 Å². The number of guanidine groups is 2. The van der Waals surface area contributed by atoms with Gasteiger partial charge in [-0.05, 0) is 12.1 Å². The van der Waals surface area contributed by atoms with Crippen molar-refractivity contribution in [1.82, 2.24) is 15.2 Å². The largest absolute Gasteiger partial charge is 0.370 e. The predicted octanol–water partition coefficient (Wildman–Crippen LogP) is -0.0932. The lowest BCUT2D eigenvalue weighted by molar-refractivity contribution is 0.490. The Morgan fingerprint density at radius 1 is 1.60 bits per heavy atom. The maximum Gasteiger partial charge on any atom is 0.197 e. The maximum absolute atomic E-state index is 7.54. The molecule has 6 heteroatoms. The quantitative estimate of drug-likeness (QED) is 0.354. The summed E-state index contributed by atoms with van der Waals surface area (Å²) >= 11 is 0. The first-order valence-corrected chi connectivity index (χ1v) is 4.62. The van der Waals surface area contributed by atoms with Crippen molar-refractivity contribution in [2.75, 3.05) is 13.6 Å². The van der Waals surface area contributed by atoms with Crippen LogP contribution < -0.4 is 11.1 Å². The first-order chi connectivity index (χ1) is 7.09. The number of rotatable bonds is 3. The molecular weight excluding hydrogens is 192 g/mol. The molecule has 15 heavy (non-hydrogen) atoms. The van der Waals surface area contributed by atoms with Crippen molar-refractivity contribution in [1.29, 1.82) is 10.8 Å². The molecule has 0 amide bonds. The van der Waals surface area contributed by atoms with Crippen molar-refractivity contribution >= 4 is 11.9 Å².